The normalized spacial score (nSPS) is 13.0. The first-order valence-electron chi connectivity index (χ1n) is 19.2. The van der Waals surface area contributed by atoms with Crippen LogP contribution in [-0.4, -0.2) is 9.97 Å². The third-order valence-corrected chi connectivity index (χ3v) is 12.9. The van der Waals surface area contributed by atoms with Crippen molar-refractivity contribution in [3.05, 3.63) is 193 Å². The first-order valence-corrected chi connectivity index (χ1v) is 20.1. The predicted octanol–water partition coefficient (Wildman–Crippen LogP) is 14.6. The fourth-order valence-electron chi connectivity index (χ4n) is 8.93. The molecule has 0 saturated heterocycles. The van der Waals surface area contributed by atoms with E-state index in [0.29, 0.717) is 0 Å². The van der Waals surface area contributed by atoms with Crippen molar-refractivity contribution >= 4 is 42.3 Å². The van der Waals surface area contributed by atoms with E-state index in [9.17, 15) is 0 Å². The number of benzene rings is 8. The molecule has 56 heavy (non-hydrogen) atoms. The van der Waals surface area contributed by atoms with E-state index in [1.807, 2.05) is 17.4 Å². The van der Waals surface area contributed by atoms with Crippen molar-refractivity contribution in [3.8, 4) is 67.3 Å². The highest BCUT2D eigenvalue weighted by Crippen LogP contribution is 2.50. The zero-order chi connectivity index (χ0) is 37.4. The second-order valence-corrected chi connectivity index (χ2v) is 16.4. The molecule has 0 radical (unpaired) electrons. The van der Waals surface area contributed by atoms with Crippen molar-refractivity contribution in [1.29, 1.82) is 0 Å². The summed E-state index contributed by atoms with van der Waals surface area (Å²) in [7, 11) is 0. The van der Waals surface area contributed by atoms with Gasteiger partial charge in [0.1, 0.15) is 0 Å². The molecule has 3 heteroatoms. The lowest BCUT2D eigenvalue weighted by Gasteiger charge is -2.21. The van der Waals surface area contributed by atoms with Crippen LogP contribution in [0.15, 0.2) is 182 Å². The van der Waals surface area contributed by atoms with Gasteiger partial charge in [0.05, 0.1) is 11.4 Å². The van der Waals surface area contributed by atoms with Gasteiger partial charge in [0.15, 0.2) is 5.82 Å². The smallest absolute Gasteiger partial charge is 0.160 e. The molecule has 0 fully saturated rings. The maximum atomic E-state index is 5.28. The van der Waals surface area contributed by atoms with Crippen LogP contribution in [0.4, 0.5) is 0 Å². The van der Waals surface area contributed by atoms with E-state index in [2.05, 4.69) is 190 Å². The monoisotopic (exact) mass is 732 g/mol. The molecule has 2 nitrogen and oxygen atoms in total. The lowest BCUT2D eigenvalue weighted by molar-refractivity contribution is 0.660. The first-order chi connectivity index (χ1) is 27.5. The molecule has 10 aromatic rings. The fourth-order valence-corrected chi connectivity index (χ4v) is 10.2. The minimum atomic E-state index is -0.00872. The maximum Gasteiger partial charge on any atom is 0.160 e. The van der Waals surface area contributed by atoms with Crippen molar-refractivity contribution in [2.45, 2.75) is 19.3 Å². The Morgan fingerprint density at radius 2 is 0.964 bits per heavy atom. The molecule has 0 saturated carbocycles. The Balaban J connectivity index is 1.05. The van der Waals surface area contributed by atoms with Crippen LogP contribution in [0, 0.1) is 0 Å². The summed E-state index contributed by atoms with van der Waals surface area (Å²) in [6.45, 7) is 4.67. The molecule has 0 N–H and O–H groups in total. The van der Waals surface area contributed by atoms with Gasteiger partial charge in [-0.05, 0) is 79.5 Å². The Morgan fingerprint density at radius 1 is 0.375 bits per heavy atom. The first kappa shape index (κ1) is 32.7. The highest BCUT2D eigenvalue weighted by Gasteiger charge is 2.35. The van der Waals surface area contributed by atoms with E-state index in [1.54, 1.807) is 0 Å². The van der Waals surface area contributed by atoms with Crippen LogP contribution in [0.25, 0.3) is 98.2 Å². The molecule has 0 atom stereocenters. The largest absolute Gasteiger partial charge is 0.228 e. The Hall–Kier alpha value is -6.68. The number of thiophene rings is 1. The Bertz CT molecular complexity index is 3170. The summed E-state index contributed by atoms with van der Waals surface area (Å²) in [5.41, 5.74) is 15.3. The van der Waals surface area contributed by atoms with Crippen LogP contribution in [0.1, 0.15) is 25.0 Å². The van der Waals surface area contributed by atoms with Gasteiger partial charge in [-0.2, -0.15) is 0 Å². The van der Waals surface area contributed by atoms with Crippen molar-refractivity contribution in [2.24, 2.45) is 0 Å². The quantitative estimate of drug-likeness (QED) is 0.176. The van der Waals surface area contributed by atoms with Gasteiger partial charge < -0.3 is 0 Å². The van der Waals surface area contributed by atoms with Crippen LogP contribution in [-0.2, 0) is 5.41 Å². The Morgan fingerprint density at radius 3 is 1.82 bits per heavy atom. The zero-order valence-electron chi connectivity index (χ0n) is 31.1. The summed E-state index contributed by atoms with van der Waals surface area (Å²) in [6, 6.07) is 65.9. The maximum absolute atomic E-state index is 5.28. The number of hydrogen-bond acceptors (Lipinski definition) is 3. The van der Waals surface area contributed by atoms with Gasteiger partial charge in [-0.15, -0.1) is 11.3 Å². The van der Waals surface area contributed by atoms with Crippen LogP contribution in [0.3, 0.4) is 0 Å². The zero-order valence-corrected chi connectivity index (χ0v) is 31.9. The van der Waals surface area contributed by atoms with Gasteiger partial charge in [-0.1, -0.05) is 172 Å². The number of nitrogens with zero attached hydrogens (tertiary/aromatic N) is 2. The van der Waals surface area contributed by atoms with Gasteiger partial charge >= 0.3 is 0 Å². The van der Waals surface area contributed by atoms with Crippen molar-refractivity contribution in [3.63, 3.8) is 0 Å². The van der Waals surface area contributed by atoms with E-state index in [-0.39, 0.29) is 5.41 Å². The SMILES string of the molecule is CC1(C)c2ccccc2-c2cc(-c3cccc(-c4ccc(-c5cc(-c6cccc7c6sc6ccccc67)nc(-c6ccccc6)n5)c5ccccc45)c3)ccc21. The molecule has 0 unspecified atom stereocenters. The third kappa shape index (κ3) is 5.16. The lowest BCUT2D eigenvalue weighted by Crippen LogP contribution is -2.14. The summed E-state index contributed by atoms with van der Waals surface area (Å²) in [6.07, 6.45) is 0. The molecular formula is C53H36N2S. The molecule has 8 aromatic carbocycles. The topological polar surface area (TPSA) is 25.8 Å². The van der Waals surface area contributed by atoms with E-state index in [1.165, 1.54) is 70.1 Å². The number of hydrogen-bond donors (Lipinski definition) is 0. The van der Waals surface area contributed by atoms with E-state index < -0.39 is 0 Å². The molecule has 1 aliphatic rings. The predicted molar refractivity (Wildman–Crippen MR) is 237 cm³/mol. The summed E-state index contributed by atoms with van der Waals surface area (Å²) in [5.74, 6) is 0.720. The van der Waals surface area contributed by atoms with Gasteiger partial charge in [-0.3, -0.25) is 0 Å². The van der Waals surface area contributed by atoms with Crippen LogP contribution in [0.2, 0.25) is 0 Å². The van der Waals surface area contributed by atoms with E-state index in [0.717, 1.165) is 39.3 Å². The minimum absolute atomic E-state index is 0.00872. The highest BCUT2D eigenvalue weighted by atomic mass is 32.1. The Kier molecular flexibility index (Phi) is 7.42. The molecule has 0 amide bonds. The summed E-state index contributed by atoms with van der Waals surface area (Å²) in [4.78, 5) is 10.5. The molecule has 0 aliphatic heterocycles. The standard InChI is InChI=1S/C53H36N2S/c1-53(2)46-24-10-8-20-40(46)45-31-35(26-29-47(45)53)34-16-12-17-36(30-34)37-27-28-41(39-19-7-6-18-38(37)39)48-32-49(55-52(54-48)33-14-4-3-5-15-33)44-23-13-22-43-42-21-9-11-25-50(42)56-51(43)44/h3-32H,1-2H3. The Labute approximate surface area is 330 Å². The lowest BCUT2D eigenvalue weighted by atomic mass is 9.82. The van der Waals surface area contributed by atoms with Crippen LogP contribution in [0.5, 0.6) is 0 Å². The second kappa shape index (κ2) is 12.7. The van der Waals surface area contributed by atoms with Gasteiger partial charge in [0.2, 0.25) is 0 Å². The van der Waals surface area contributed by atoms with Gasteiger partial charge in [0, 0.05) is 42.3 Å². The van der Waals surface area contributed by atoms with Gasteiger partial charge in [-0.25, -0.2) is 9.97 Å². The van der Waals surface area contributed by atoms with E-state index >= 15 is 0 Å². The van der Waals surface area contributed by atoms with Crippen molar-refractivity contribution in [2.75, 3.05) is 0 Å². The molecule has 0 spiro atoms. The molecule has 2 heterocycles. The van der Waals surface area contributed by atoms with Crippen LogP contribution < -0.4 is 0 Å². The molecule has 0 bridgehead atoms. The third-order valence-electron chi connectivity index (χ3n) is 11.7. The average Bonchev–Trinajstić information content (AvgIpc) is 3.75. The van der Waals surface area contributed by atoms with Crippen LogP contribution >= 0.6 is 11.3 Å². The highest BCUT2D eigenvalue weighted by molar-refractivity contribution is 7.26. The summed E-state index contributed by atoms with van der Waals surface area (Å²) >= 11 is 1.83. The molecule has 11 rings (SSSR count). The summed E-state index contributed by atoms with van der Waals surface area (Å²) in [5, 5.41) is 4.90. The van der Waals surface area contributed by atoms with E-state index in [4.69, 9.17) is 9.97 Å². The molecule has 1 aliphatic carbocycles. The number of fused-ring (bicyclic) bond motifs is 7. The second-order valence-electron chi connectivity index (χ2n) is 15.3. The van der Waals surface area contributed by atoms with Gasteiger partial charge in [0.25, 0.3) is 0 Å². The molecule has 264 valence electrons. The van der Waals surface area contributed by atoms with Crippen molar-refractivity contribution in [1.82, 2.24) is 9.97 Å². The fraction of sp³-hybridized carbons (Fsp3) is 0.0566. The average molecular weight is 733 g/mol. The number of aromatic nitrogens is 2. The minimum Gasteiger partial charge on any atom is -0.228 e. The van der Waals surface area contributed by atoms with Crippen molar-refractivity contribution < 1.29 is 0 Å². The molecular weight excluding hydrogens is 697 g/mol. The molecule has 2 aromatic heterocycles. The number of rotatable bonds is 5. The summed E-state index contributed by atoms with van der Waals surface area (Å²) < 4.78 is 2.53.